The minimum Gasteiger partial charge on any atom is -0.373 e. The van der Waals surface area contributed by atoms with Crippen LogP contribution in [0.15, 0.2) is 17.6 Å². The Hall–Kier alpha value is -0.750. The zero-order valence-corrected chi connectivity index (χ0v) is 14.3. The maximum Gasteiger partial charge on any atom is 0.0917 e. The molecule has 1 atom stereocenters. The molecule has 1 fully saturated rings. The van der Waals surface area contributed by atoms with Gasteiger partial charge in [0.25, 0.3) is 0 Å². The number of ether oxygens (including phenoxy) is 1. The van der Waals surface area contributed by atoms with Crippen LogP contribution in [0.3, 0.4) is 0 Å². The molecule has 0 saturated carbocycles. The second kappa shape index (κ2) is 7.01. The van der Waals surface area contributed by atoms with Crippen LogP contribution in [0.5, 0.6) is 0 Å². The molecule has 1 aliphatic heterocycles. The Morgan fingerprint density at radius 3 is 3.05 bits per heavy atom. The van der Waals surface area contributed by atoms with Crippen LogP contribution in [-0.2, 0) is 17.7 Å². The summed E-state index contributed by atoms with van der Waals surface area (Å²) in [7, 11) is 2.20. The van der Waals surface area contributed by atoms with Gasteiger partial charge in [-0.25, -0.2) is 4.98 Å². The fraction of sp³-hybridized carbons (Fsp3) is 0.562. The molecule has 3 rings (SSSR count). The van der Waals surface area contributed by atoms with Crippen LogP contribution in [0.4, 0.5) is 0 Å². The van der Waals surface area contributed by atoms with Crippen LogP contribution in [0.25, 0.3) is 0 Å². The predicted octanol–water partition coefficient (Wildman–Crippen LogP) is 4.04. The number of hydrogen-bond acceptors (Lipinski definition) is 5. The molecular weight excluding hydrogens is 300 g/mol. The first-order valence-electron chi connectivity index (χ1n) is 7.50. The van der Waals surface area contributed by atoms with Crippen molar-refractivity contribution in [3.05, 3.63) is 38.0 Å². The lowest BCUT2D eigenvalue weighted by Crippen LogP contribution is -2.20. The van der Waals surface area contributed by atoms with Gasteiger partial charge in [0.1, 0.15) is 0 Å². The maximum absolute atomic E-state index is 5.76. The van der Waals surface area contributed by atoms with Gasteiger partial charge in [0.2, 0.25) is 0 Å². The molecule has 0 aromatic carbocycles. The topological polar surface area (TPSA) is 25.4 Å². The van der Waals surface area contributed by atoms with E-state index in [9.17, 15) is 0 Å². The molecule has 1 aliphatic rings. The van der Waals surface area contributed by atoms with E-state index in [1.54, 1.807) is 11.3 Å². The molecule has 5 heteroatoms. The average molecular weight is 322 g/mol. The van der Waals surface area contributed by atoms with E-state index in [1.807, 2.05) is 16.8 Å². The second-order valence-corrected chi connectivity index (χ2v) is 7.79. The molecule has 0 unspecified atom stereocenters. The van der Waals surface area contributed by atoms with Gasteiger partial charge in [-0.2, -0.15) is 0 Å². The first kappa shape index (κ1) is 15.2. The lowest BCUT2D eigenvalue weighted by atomic mass is 10.2. The lowest BCUT2D eigenvalue weighted by molar-refractivity contribution is 0.114. The molecule has 1 saturated heterocycles. The number of rotatable bonds is 6. The fourth-order valence-corrected chi connectivity index (χ4v) is 4.61. The van der Waals surface area contributed by atoms with Gasteiger partial charge in [-0.3, -0.25) is 0 Å². The molecule has 3 nitrogen and oxygen atoms in total. The van der Waals surface area contributed by atoms with Gasteiger partial charge >= 0.3 is 0 Å². The van der Waals surface area contributed by atoms with Crippen molar-refractivity contribution < 1.29 is 4.74 Å². The molecule has 21 heavy (non-hydrogen) atoms. The standard InChI is InChI=1S/C16H22N2OS2/c1-12-15(20-11-17-12)7-8-18(2)10-13-5-6-16(21-13)14-4-3-9-19-14/h5-6,11,14H,3-4,7-10H2,1-2H3/t14-/m1/s1. The molecule has 0 aliphatic carbocycles. The highest BCUT2D eigenvalue weighted by Crippen LogP contribution is 2.33. The first-order chi connectivity index (χ1) is 10.2. The smallest absolute Gasteiger partial charge is 0.0917 e. The number of thiophene rings is 1. The van der Waals surface area contributed by atoms with E-state index in [2.05, 4.69) is 36.0 Å². The summed E-state index contributed by atoms with van der Waals surface area (Å²) in [5, 5.41) is 0. The largest absolute Gasteiger partial charge is 0.373 e. The van der Waals surface area contributed by atoms with Crippen molar-refractivity contribution in [3.63, 3.8) is 0 Å². The van der Waals surface area contributed by atoms with Crippen molar-refractivity contribution in [1.82, 2.24) is 9.88 Å². The normalized spacial score (nSPS) is 18.7. The van der Waals surface area contributed by atoms with Crippen LogP contribution < -0.4 is 0 Å². The van der Waals surface area contributed by atoms with E-state index in [1.165, 1.54) is 33.2 Å². The molecule has 3 heterocycles. The van der Waals surface area contributed by atoms with Crippen molar-refractivity contribution in [1.29, 1.82) is 0 Å². The zero-order valence-electron chi connectivity index (χ0n) is 12.7. The Kier molecular flexibility index (Phi) is 5.06. The van der Waals surface area contributed by atoms with E-state index >= 15 is 0 Å². The minimum atomic E-state index is 0.355. The van der Waals surface area contributed by atoms with Crippen molar-refractivity contribution >= 4 is 22.7 Å². The Morgan fingerprint density at radius 1 is 1.43 bits per heavy atom. The van der Waals surface area contributed by atoms with Crippen molar-refractivity contribution in [2.24, 2.45) is 0 Å². The van der Waals surface area contributed by atoms with Gasteiger partial charge in [0.05, 0.1) is 17.3 Å². The van der Waals surface area contributed by atoms with E-state index in [4.69, 9.17) is 4.74 Å². The number of aromatic nitrogens is 1. The van der Waals surface area contributed by atoms with Crippen LogP contribution >= 0.6 is 22.7 Å². The van der Waals surface area contributed by atoms with Gasteiger partial charge in [0, 0.05) is 34.3 Å². The van der Waals surface area contributed by atoms with Gasteiger partial charge in [-0.05, 0) is 45.4 Å². The van der Waals surface area contributed by atoms with E-state index in [-0.39, 0.29) is 0 Å². The van der Waals surface area contributed by atoms with Gasteiger partial charge < -0.3 is 9.64 Å². The van der Waals surface area contributed by atoms with E-state index in [0.717, 1.165) is 26.1 Å². The number of aryl methyl sites for hydroxylation is 1. The summed E-state index contributed by atoms with van der Waals surface area (Å²) in [6, 6.07) is 4.51. The van der Waals surface area contributed by atoms with Gasteiger partial charge in [-0.1, -0.05) is 0 Å². The third-order valence-corrected chi connectivity index (χ3v) is 6.08. The summed E-state index contributed by atoms with van der Waals surface area (Å²) >= 11 is 3.68. The number of thiazole rings is 1. The van der Waals surface area contributed by atoms with Crippen LogP contribution in [-0.4, -0.2) is 30.1 Å². The number of hydrogen-bond donors (Lipinski definition) is 0. The van der Waals surface area contributed by atoms with Crippen molar-refractivity contribution in [2.75, 3.05) is 20.2 Å². The number of likely N-dealkylation sites (N-methyl/N-ethyl adjacent to an activating group) is 1. The van der Waals surface area contributed by atoms with Gasteiger partial charge in [-0.15, -0.1) is 22.7 Å². The summed E-state index contributed by atoms with van der Waals surface area (Å²) in [5.74, 6) is 0. The summed E-state index contributed by atoms with van der Waals surface area (Å²) in [4.78, 5) is 10.9. The molecule has 2 aromatic rings. The van der Waals surface area contributed by atoms with Crippen LogP contribution in [0.1, 0.15) is 39.3 Å². The fourth-order valence-electron chi connectivity index (χ4n) is 2.66. The maximum atomic E-state index is 5.76. The molecular formula is C16H22N2OS2. The van der Waals surface area contributed by atoms with E-state index < -0.39 is 0 Å². The first-order valence-corrected chi connectivity index (χ1v) is 9.19. The monoisotopic (exact) mass is 322 g/mol. The van der Waals surface area contributed by atoms with Crippen LogP contribution in [0, 0.1) is 6.92 Å². The predicted molar refractivity (Wildman–Crippen MR) is 89.1 cm³/mol. The number of nitrogens with zero attached hydrogens (tertiary/aromatic N) is 2. The molecule has 0 amide bonds. The summed E-state index contributed by atoms with van der Waals surface area (Å²) < 4.78 is 5.76. The lowest BCUT2D eigenvalue weighted by Gasteiger charge is -2.15. The Morgan fingerprint density at radius 2 is 2.33 bits per heavy atom. The van der Waals surface area contributed by atoms with Gasteiger partial charge in [0.15, 0.2) is 0 Å². The third kappa shape index (κ3) is 3.92. The molecule has 0 bridgehead atoms. The highest BCUT2D eigenvalue weighted by Gasteiger charge is 2.19. The Balaban J connectivity index is 1.50. The van der Waals surface area contributed by atoms with E-state index in [0.29, 0.717) is 6.10 Å². The van der Waals surface area contributed by atoms with Crippen molar-refractivity contribution in [3.8, 4) is 0 Å². The molecule has 2 aromatic heterocycles. The highest BCUT2D eigenvalue weighted by atomic mass is 32.1. The Labute approximate surface area is 134 Å². The third-order valence-electron chi connectivity index (χ3n) is 3.92. The highest BCUT2D eigenvalue weighted by molar-refractivity contribution is 7.12. The summed E-state index contributed by atoms with van der Waals surface area (Å²) in [6.07, 6.45) is 3.83. The second-order valence-electron chi connectivity index (χ2n) is 5.65. The molecule has 0 radical (unpaired) electrons. The molecule has 0 N–H and O–H groups in total. The Bertz CT molecular complexity index is 572. The SMILES string of the molecule is Cc1ncsc1CCN(C)Cc1ccc([C@H]2CCCO2)s1. The molecule has 114 valence electrons. The summed E-state index contributed by atoms with van der Waals surface area (Å²) in [6.45, 7) is 5.12. The molecule has 0 spiro atoms. The van der Waals surface area contributed by atoms with Crippen molar-refractivity contribution in [2.45, 2.75) is 38.8 Å². The average Bonchev–Trinajstić information content (AvgIpc) is 3.17. The van der Waals surface area contributed by atoms with Crippen LogP contribution in [0.2, 0.25) is 0 Å². The minimum absolute atomic E-state index is 0.355. The quantitative estimate of drug-likeness (QED) is 0.802. The summed E-state index contributed by atoms with van der Waals surface area (Å²) in [5.41, 5.74) is 3.13. The zero-order chi connectivity index (χ0) is 14.7.